The van der Waals surface area contributed by atoms with Crippen molar-refractivity contribution in [2.75, 3.05) is 5.32 Å². The fourth-order valence-corrected chi connectivity index (χ4v) is 2.23. The summed E-state index contributed by atoms with van der Waals surface area (Å²) in [7, 11) is 0. The topological polar surface area (TPSA) is 55.1 Å². The Labute approximate surface area is 137 Å². The van der Waals surface area contributed by atoms with Crippen molar-refractivity contribution >= 4 is 11.6 Å². The third kappa shape index (κ3) is 4.04. The summed E-state index contributed by atoms with van der Waals surface area (Å²) in [6, 6.07) is 12.3. The molecule has 0 spiro atoms. The first kappa shape index (κ1) is 15.9. The van der Waals surface area contributed by atoms with Gasteiger partial charge < -0.3 is 9.73 Å². The molecule has 0 aliphatic heterocycles. The first-order valence-electron chi connectivity index (χ1n) is 7.36. The van der Waals surface area contributed by atoms with Crippen molar-refractivity contribution in [3.63, 3.8) is 0 Å². The Morgan fingerprint density at radius 2 is 1.79 bits per heavy atom. The fourth-order valence-electron chi connectivity index (χ4n) is 2.23. The lowest BCUT2D eigenvalue weighted by molar-refractivity contribution is -0.116. The van der Waals surface area contributed by atoms with Crippen molar-refractivity contribution in [2.24, 2.45) is 0 Å². The summed E-state index contributed by atoms with van der Waals surface area (Å²) < 4.78 is 31.8. The second kappa shape index (κ2) is 7.04. The molecule has 1 aromatic heterocycles. The van der Waals surface area contributed by atoms with E-state index in [1.54, 1.807) is 6.20 Å². The molecule has 0 fully saturated rings. The minimum Gasteiger partial charge on any atom is -0.441 e. The van der Waals surface area contributed by atoms with Crippen LogP contribution in [-0.2, 0) is 11.2 Å². The highest BCUT2D eigenvalue weighted by atomic mass is 19.1. The normalized spacial score (nSPS) is 10.6. The lowest BCUT2D eigenvalue weighted by Crippen LogP contribution is -2.12. The molecular weight excluding hydrogens is 314 g/mol. The molecule has 0 saturated heterocycles. The van der Waals surface area contributed by atoms with E-state index in [1.165, 1.54) is 0 Å². The third-order valence-corrected chi connectivity index (χ3v) is 3.32. The van der Waals surface area contributed by atoms with Gasteiger partial charge in [-0.2, -0.15) is 0 Å². The average Bonchev–Trinajstić information content (AvgIpc) is 3.02. The van der Waals surface area contributed by atoms with Crippen LogP contribution in [0, 0.1) is 11.6 Å². The molecule has 1 amide bonds. The van der Waals surface area contributed by atoms with Crippen LogP contribution in [0.5, 0.6) is 0 Å². The first-order chi connectivity index (χ1) is 11.6. The highest BCUT2D eigenvalue weighted by Gasteiger charge is 2.10. The van der Waals surface area contributed by atoms with E-state index in [-0.39, 0.29) is 24.4 Å². The van der Waals surface area contributed by atoms with E-state index < -0.39 is 11.6 Å². The number of carbonyl (C=O) groups excluding carboxylic acids is 1. The van der Waals surface area contributed by atoms with Gasteiger partial charge in [0.25, 0.3) is 0 Å². The second-order valence-corrected chi connectivity index (χ2v) is 5.19. The van der Waals surface area contributed by atoms with Gasteiger partial charge in [-0.1, -0.05) is 30.3 Å². The Bertz CT molecular complexity index is 827. The minimum absolute atomic E-state index is 0.0786. The van der Waals surface area contributed by atoms with Crippen LogP contribution in [0.25, 0.3) is 11.3 Å². The number of nitrogens with one attached hydrogen (secondary N) is 1. The molecule has 3 rings (SSSR count). The number of carbonyl (C=O) groups is 1. The van der Waals surface area contributed by atoms with Crippen molar-refractivity contribution in [3.05, 3.63) is 72.3 Å². The van der Waals surface area contributed by atoms with E-state index in [0.717, 1.165) is 23.8 Å². The number of hydrogen-bond acceptors (Lipinski definition) is 3. The van der Waals surface area contributed by atoms with Crippen LogP contribution < -0.4 is 5.32 Å². The Morgan fingerprint density at radius 1 is 1.08 bits per heavy atom. The molecule has 0 unspecified atom stereocenters. The molecule has 4 nitrogen and oxygen atoms in total. The lowest BCUT2D eigenvalue weighted by Gasteiger charge is -2.04. The molecule has 24 heavy (non-hydrogen) atoms. The van der Waals surface area contributed by atoms with E-state index in [2.05, 4.69) is 10.3 Å². The maximum atomic E-state index is 13.1. The van der Waals surface area contributed by atoms with Gasteiger partial charge in [-0.3, -0.25) is 4.79 Å². The summed E-state index contributed by atoms with van der Waals surface area (Å²) in [5, 5.41) is 2.44. The molecule has 0 aliphatic carbocycles. The summed E-state index contributed by atoms with van der Waals surface area (Å²) in [4.78, 5) is 16.0. The maximum Gasteiger partial charge on any atom is 0.224 e. The molecule has 2 aromatic carbocycles. The zero-order valence-electron chi connectivity index (χ0n) is 12.6. The van der Waals surface area contributed by atoms with Gasteiger partial charge in [0.2, 0.25) is 5.91 Å². The van der Waals surface area contributed by atoms with Crippen LogP contribution in [0.1, 0.15) is 12.3 Å². The smallest absolute Gasteiger partial charge is 0.224 e. The predicted octanol–water partition coefficient (Wildman–Crippen LogP) is 4.19. The SMILES string of the molecule is O=C(CCc1ncc(-c2ccccc2)o1)Nc1cc(F)cc(F)c1. The number of nitrogens with zero attached hydrogens (tertiary/aromatic N) is 1. The molecule has 1 N–H and O–H groups in total. The second-order valence-electron chi connectivity index (χ2n) is 5.19. The molecular formula is C18H14F2N2O2. The van der Waals surface area contributed by atoms with Crippen LogP contribution in [0.4, 0.5) is 14.5 Å². The highest BCUT2D eigenvalue weighted by Crippen LogP contribution is 2.20. The number of benzene rings is 2. The van der Waals surface area contributed by atoms with Crippen molar-refractivity contribution < 1.29 is 18.0 Å². The fraction of sp³-hybridized carbons (Fsp3) is 0.111. The van der Waals surface area contributed by atoms with Crippen LogP contribution in [0.2, 0.25) is 0 Å². The van der Waals surface area contributed by atoms with Gasteiger partial charge in [-0.05, 0) is 12.1 Å². The first-order valence-corrected chi connectivity index (χ1v) is 7.36. The molecule has 122 valence electrons. The number of rotatable bonds is 5. The van der Waals surface area contributed by atoms with E-state index in [0.29, 0.717) is 11.7 Å². The lowest BCUT2D eigenvalue weighted by atomic mass is 10.2. The van der Waals surface area contributed by atoms with Gasteiger partial charge in [0.05, 0.1) is 6.20 Å². The summed E-state index contributed by atoms with van der Waals surface area (Å²) in [6.07, 6.45) is 1.98. The number of amides is 1. The summed E-state index contributed by atoms with van der Waals surface area (Å²) in [5.41, 5.74) is 0.978. The third-order valence-electron chi connectivity index (χ3n) is 3.32. The van der Waals surface area contributed by atoms with Crippen molar-refractivity contribution in [3.8, 4) is 11.3 Å². The van der Waals surface area contributed by atoms with E-state index >= 15 is 0 Å². The summed E-state index contributed by atoms with van der Waals surface area (Å²) in [5.74, 6) is -0.817. The number of aryl methyl sites for hydroxylation is 1. The van der Waals surface area contributed by atoms with Crippen molar-refractivity contribution in [1.82, 2.24) is 4.98 Å². The quantitative estimate of drug-likeness (QED) is 0.764. The monoisotopic (exact) mass is 328 g/mol. The van der Waals surface area contributed by atoms with Gasteiger partial charge in [-0.25, -0.2) is 13.8 Å². The Kier molecular flexibility index (Phi) is 4.65. The van der Waals surface area contributed by atoms with E-state index in [1.807, 2.05) is 30.3 Å². The minimum atomic E-state index is -0.745. The Hall–Kier alpha value is -3.02. The molecule has 0 atom stereocenters. The summed E-state index contributed by atoms with van der Waals surface area (Å²) in [6.45, 7) is 0. The molecule has 0 aliphatic rings. The zero-order chi connectivity index (χ0) is 16.9. The predicted molar refractivity (Wildman–Crippen MR) is 85.2 cm³/mol. The largest absolute Gasteiger partial charge is 0.441 e. The molecule has 1 heterocycles. The van der Waals surface area contributed by atoms with E-state index in [9.17, 15) is 13.6 Å². The molecule has 6 heteroatoms. The molecule has 0 radical (unpaired) electrons. The van der Waals surface area contributed by atoms with Crippen molar-refractivity contribution in [1.29, 1.82) is 0 Å². The molecule has 0 bridgehead atoms. The van der Waals surface area contributed by atoms with E-state index in [4.69, 9.17) is 4.42 Å². The number of hydrogen-bond donors (Lipinski definition) is 1. The van der Waals surface area contributed by atoms with Gasteiger partial charge in [0.1, 0.15) is 11.6 Å². The van der Waals surface area contributed by atoms with Gasteiger partial charge >= 0.3 is 0 Å². The van der Waals surface area contributed by atoms with Crippen LogP contribution in [0.15, 0.2) is 59.1 Å². The van der Waals surface area contributed by atoms with Gasteiger partial charge in [0.15, 0.2) is 11.7 Å². The molecule has 0 saturated carbocycles. The van der Waals surface area contributed by atoms with Gasteiger partial charge in [-0.15, -0.1) is 0 Å². The molecule has 3 aromatic rings. The van der Waals surface area contributed by atoms with Crippen LogP contribution in [0.3, 0.4) is 0 Å². The highest BCUT2D eigenvalue weighted by molar-refractivity contribution is 5.90. The number of halogens is 2. The van der Waals surface area contributed by atoms with Crippen LogP contribution >= 0.6 is 0 Å². The maximum absolute atomic E-state index is 13.1. The average molecular weight is 328 g/mol. The van der Waals surface area contributed by atoms with Crippen molar-refractivity contribution in [2.45, 2.75) is 12.8 Å². The Balaban J connectivity index is 1.58. The summed E-state index contributed by atoms with van der Waals surface area (Å²) >= 11 is 0. The zero-order valence-corrected chi connectivity index (χ0v) is 12.6. The Morgan fingerprint density at radius 3 is 2.50 bits per heavy atom. The number of oxazole rings is 1. The van der Waals surface area contributed by atoms with Crippen LogP contribution in [-0.4, -0.2) is 10.9 Å². The number of anilines is 1. The van der Waals surface area contributed by atoms with Gasteiger partial charge in [0, 0.05) is 30.2 Å². The standard InChI is InChI=1S/C18H14F2N2O2/c19-13-8-14(20)10-15(9-13)22-17(23)6-7-18-21-11-16(24-18)12-4-2-1-3-5-12/h1-5,8-11H,6-7H2,(H,22,23). The number of aromatic nitrogens is 1.